The first-order chi connectivity index (χ1) is 7.16. The van der Waals surface area contributed by atoms with E-state index in [2.05, 4.69) is 23.8 Å². The van der Waals surface area contributed by atoms with Gasteiger partial charge in [0.1, 0.15) is 10.5 Å². The fraction of sp³-hybridized carbons (Fsp3) is 0.600. The van der Waals surface area contributed by atoms with Crippen molar-refractivity contribution in [1.82, 2.24) is 9.97 Å². The Hall–Kier alpha value is -0.000000000000000111. The fourth-order valence-electron chi connectivity index (χ4n) is 1.48. The summed E-state index contributed by atoms with van der Waals surface area (Å²) in [5.74, 6) is 2.15. The Kier molecular flexibility index (Phi) is 3.74. The summed E-state index contributed by atoms with van der Waals surface area (Å²) in [6, 6.07) is 1.82. The average Bonchev–Trinajstić information content (AvgIpc) is 2.22. The lowest BCUT2D eigenvalue weighted by atomic mass is 10.3. The fourth-order valence-corrected chi connectivity index (χ4v) is 4.52. The van der Waals surface area contributed by atoms with E-state index >= 15 is 0 Å². The molecule has 2 nitrogen and oxygen atoms in total. The van der Waals surface area contributed by atoms with Gasteiger partial charge in [0.15, 0.2) is 0 Å². The molecule has 0 aliphatic carbocycles. The number of H-pyrrole nitrogens is 1. The van der Waals surface area contributed by atoms with Crippen molar-refractivity contribution in [2.24, 2.45) is 0 Å². The maximum absolute atomic E-state index is 5.11. The first-order valence-corrected chi connectivity index (χ1v) is 7.39. The quantitative estimate of drug-likeness (QED) is 0.781. The zero-order valence-corrected chi connectivity index (χ0v) is 11.2. The van der Waals surface area contributed by atoms with Gasteiger partial charge < -0.3 is 4.98 Å². The molecule has 1 aliphatic heterocycles. The topological polar surface area (TPSA) is 28.7 Å². The van der Waals surface area contributed by atoms with E-state index in [0.29, 0.717) is 10.5 Å². The molecule has 0 saturated carbocycles. The molecule has 5 heteroatoms. The van der Waals surface area contributed by atoms with Crippen molar-refractivity contribution in [3.05, 3.63) is 22.7 Å². The lowest BCUT2D eigenvalue weighted by molar-refractivity contribution is 0.857. The van der Waals surface area contributed by atoms with Crippen LogP contribution in [0.1, 0.15) is 24.9 Å². The molecular formula is C10H14N2S3. The summed E-state index contributed by atoms with van der Waals surface area (Å²) in [5, 5.41) is 1.87. The molecule has 3 atom stereocenters. The summed E-state index contributed by atoms with van der Waals surface area (Å²) in [6.07, 6.45) is 1.79. The Labute approximate surface area is 104 Å². The van der Waals surface area contributed by atoms with Crippen molar-refractivity contribution in [2.45, 2.75) is 29.6 Å². The lowest BCUT2D eigenvalue weighted by Crippen LogP contribution is -2.22. The minimum absolute atomic E-state index is 0.462. The maximum atomic E-state index is 5.11. The first kappa shape index (κ1) is 11.5. The number of hydrogen-bond acceptors (Lipinski definition) is 4. The Morgan fingerprint density at radius 2 is 2.27 bits per heavy atom. The van der Waals surface area contributed by atoms with Gasteiger partial charge in [0.25, 0.3) is 0 Å². The Bertz CT molecular complexity index is 390. The molecular weight excluding hydrogens is 244 g/mol. The molecule has 1 aliphatic rings. The second-order valence-corrected chi connectivity index (χ2v) is 7.12. The summed E-state index contributed by atoms with van der Waals surface area (Å²) in [5.41, 5.74) is 0. The lowest BCUT2D eigenvalue weighted by Gasteiger charge is -2.30. The van der Waals surface area contributed by atoms with Gasteiger partial charge in [0.2, 0.25) is 0 Å². The molecule has 0 aromatic carbocycles. The molecule has 0 radical (unpaired) electrons. The van der Waals surface area contributed by atoms with Crippen LogP contribution in [0.25, 0.3) is 0 Å². The number of aromatic nitrogens is 2. The van der Waals surface area contributed by atoms with E-state index in [1.807, 2.05) is 29.6 Å². The predicted molar refractivity (Wildman–Crippen MR) is 71.1 cm³/mol. The maximum Gasteiger partial charge on any atom is 0.121 e. The predicted octanol–water partition coefficient (Wildman–Crippen LogP) is 3.44. The average molecular weight is 258 g/mol. The highest BCUT2D eigenvalue weighted by atomic mass is 32.2. The number of nitrogens with one attached hydrogen (secondary N) is 1. The largest absolute Gasteiger partial charge is 0.334 e. The van der Waals surface area contributed by atoms with E-state index in [-0.39, 0.29) is 0 Å². The normalized spacial score (nSPS) is 31.5. The van der Waals surface area contributed by atoms with Crippen molar-refractivity contribution in [1.29, 1.82) is 0 Å². The molecule has 1 fully saturated rings. The van der Waals surface area contributed by atoms with Gasteiger partial charge in [-0.15, -0.1) is 11.8 Å². The Morgan fingerprint density at radius 3 is 2.93 bits per heavy atom. The van der Waals surface area contributed by atoms with Crippen molar-refractivity contribution in [2.75, 3.05) is 5.75 Å². The third-order valence-electron chi connectivity index (χ3n) is 2.55. The number of hydrogen-bond donors (Lipinski definition) is 1. The summed E-state index contributed by atoms with van der Waals surface area (Å²) in [7, 11) is 0. The van der Waals surface area contributed by atoms with Crippen LogP contribution in [0.3, 0.4) is 0 Å². The van der Waals surface area contributed by atoms with E-state index in [9.17, 15) is 0 Å². The molecule has 1 aromatic rings. The van der Waals surface area contributed by atoms with Gasteiger partial charge in [0, 0.05) is 22.4 Å². The van der Waals surface area contributed by atoms with Crippen molar-refractivity contribution < 1.29 is 0 Å². The van der Waals surface area contributed by atoms with Crippen LogP contribution in [0.2, 0.25) is 0 Å². The van der Waals surface area contributed by atoms with E-state index in [4.69, 9.17) is 12.2 Å². The van der Waals surface area contributed by atoms with Crippen LogP contribution >= 0.6 is 35.7 Å². The smallest absolute Gasteiger partial charge is 0.121 e. The van der Waals surface area contributed by atoms with Crippen LogP contribution in [0.4, 0.5) is 0 Å². The molecule has 1 N–H and O–H groups in total. The van der Waals surface area contributed by atoms with E-state index in [0.717, 1.165) is 21.5 Å². The Balaban J connectivity index is 2.15. The van der Waals surface area contributed by atoms with Crippen LogP contribution in [0.5, 0.6) is 0 Å². The molecule has 1 aromatic heterocycles. The number of thioether (sulfide) groups is 2. The van der Waals surface area contributed by atoms with Gasteiger partial charge in [0.05, 0.1) is 5.25 Å². The molecule has 3 unspecified atom stereocenters. The van der Waals surface area contributed by atoms with Gasteiger partial charge in [-0.2, -0.15) is 11.8 Å². The monoisotopic (exact) mass is 258 g/mol. The van der Waals surface area contributed by atoms with Gasteiger partial charge in [-0.1, -0.05) is 26.1 Å². The van der Waals surface area contributed by atoms with Gasteiger partial charge in [-0.05, 0) is 6.07 Å². The van der Waals surface area contributed by atoms with Crippen molar-refractivity contribution >= 4 is 35.7 Å². The number of rotatable bonds is 1. The zero-order valence-electron chi connectivity index (χ0n) is 8.77. The van der Waals surface area contributed by atoms with E-state index in [1.54, 1.807) is 6.20 Å². The molecule has 82 valence electrons. The summed E-state index contributed by atoms with van der Waals surface area (Å²) >= 11 is 9.13. The standard InChI is InChI=1S/C10H14N2S3/c1-6-7(2)15-8(5-14-6)10-11-4-3-9(13)12-10/h3-4,6-8H,5H2,1-2H3,(H,11,12,13). The summed E-state index contributed by atoms with van der Waals surface area (Å²) < 4.78 is 0.775. The van der Waals surface area contributed by atoms with E-state index < -0.39 is 0 Å². The minimum Gasteiger partial charge on any atom is -0.334 e. The number of aromatic amines is 1. The first-order valence-electron chi connectivity index (χ1n) is 4.99. The second kappa shape index (κ2) is 4.89. The summed E-state index contributed by atoms with van der Waals surface area (Å²) in [6.45, 7) is 4.57. The molecule has 2 rings (SSSR count). The number of nitrogens with zero attached hydrogens (tertiary/aromatic N) is 1. The van der Waals surface area contributed by atoms with Crippen LogP contribution < -0.4 is 0 Å². The highest BCUT2D eigenvalue weighted by Gasteiger charge is 2.27. The third kappa shape index (κ3) is 2.77. The zero-order chi connectivity index (χ0) is 10.8. The van der Waals surface area contributed by atoms with Crippen LogP contribution in [-0.4, -0.2) is 26.2 Å². The molecule has 15 heavy (non-hydrogen) atoms. The van der Waals surface area contributed by atoms with Crippen LogP contribution in [0.15, 0.2) is 12.3 Å². The molecule has 0 amide bonds. The highest BCUT2D eigenvalue weighted by Crippen LogP contribution is 2.42. The van der Waals surface area contributed by atoms with Crippen LogP contribution in [-0.2, 0) is 0 Å². The highest BCUT2D eigenvalue weighted by molar-refractivity contribution is 8.07. The van der Waals surface area contributed by atoms with Crippen LogP contribution in [0, 0.1) is 4.64 Å². The second-order valence-electron chi connectivity index (χ2n) is 3.69. The third-order valence-corrected chi connectivity index (χ3v) is 6.18. The molecule has 2 heterocycles. The molecule has 0 spiro atoms. The van der Waals surface area contributed by atoms with Crippen molar-refractivity contribution in [3.63, 3.8) is 0 Å². The van der Waals surface area contributed by atoms with Gasteiger partial charge >= 0.3 is 0 Å². The van der Waals surface area contributed by atoms with Gasteiger partial charge in [-0.3, -0.25) is 0 Å². The molecule has 0 bridgehead atoms. The molecule has 1 saturated heterocycles. The summed E-state index contributed by atoms with van der Waals surface area (Å²) in [4.78, 5) is 7.55. The van der Waals surface area contributed by atoms with Gasteiger partial charge in [-0.25, -0.2) is 4.98 Å². The Morgan fingerprint density at radius 1 is 1.47 bits per heavy atom. The SMILES string of the molecule is CC1SCC(c2nccc(=S)[nH]2)SC1C. The van der Waals surface area contributed by atoms with E-state index in [1.165, 1.54) is 0 Å². The van der Waals surface area contributed by atoms with Crippen molar-refractivity contribution in [3.8, 4) is 0 Å². The minimum atomic E-state index is 0.462.